The Morgan fingerprint density at radius 2 is 2.17 bits per heavy atom. The monoisotopic (exact) mass is 311 g/mol. The maximum Gasteiger partial charge on any atom is 0.323 e. The largest absolute Gasteiger partial charge is 0.460 e. The topological polar surface area (TPSA) is 38.3 Å². The molecule has 0 bridgehead atoms. The van der Waals surface area contributed by atoms with E-state index in [1.807, 2.05) is 24.3 Å². The van der Waals surface area contributed by atoms with Gasteiger partial charge in [-0.25, -0.2) is 0 Å². The van der Waals surface area contributed by atoms with E-state index in [1.54, 1.807) is 0 Å². The van der Waals surface area contributed by atoms with Gasteiger partial charge in [0.2, 0.25) is 0 Å². The fraction of sp³-hybridized carbons (Fsp3) is 0.500. The SMILES string of the molecule is CC1CCNC(C(=O)OCc2ccc(Br)cc2)C1. The number of rotatable bonds is 3. The minimum atomic E-state index is -0.135. The molecule has 18 heavy (non-hydrogen) atoms. The molecule has 4 heteroatoms. The number of hydrogen-bond donors (Lipinski definition) is 1. The summed E-state index contributed by atoms with van der Waals surface area (Å²) in [6.07, 6.45) is 2.01. The third-order valence-electron chi connectivity index (χ3n) is 3.24. The molecule has 1 aromatic carbocycles. The van der Waals surface area contributed by atoms with E-state index in [0.717, 1.165) is 29.4 Å². The standard InChI is InChI=1S/C14H18BrNO2/c1-10-6-7-16-13(8-10)14(17)18-9-11-2-4-12(15)5-3-11/h2-5,10,13,16H,6-9H2,1H3. The number of benzene rings is 1. The highest BCUT2D eigenvalue weighted by atomic mass is 79.9. The fourth-order valence-electron chi connectivity index (χ4n) is 2.12. The van der Waals surface area contributed by atoms with Gasteiger partial charge in [0.15, 0.2) is 0 Å². The van der Waals surface area contributed by atoms with Crippen molar-refractivity contribution < 1.29 is 9.53 Å². The molecule has 1 fully saturated rings. The summed E-state index contributed by atoms with van der Waals surface area (Å²) < 4.78 is 6.37. The molecule has 2 atom stereocenters. The Kier molecular flexibility index (Phi) is 4.78. The Hall–Kier alpha value is -0.870. The molecule has 1 aromatic rings. The second-order valence-corrected chi connectivity index (χ2v) is 5.79. The maximum absolute atomic E-state index is 11.9. The normalized spacial score (nSPS) is 23.7. The van der Waals surface area contributed by atoms with Crippen LogP contribution in [0.1, 0.15) is 25.3 Å². The van der Waals surface area contributed by atoms with E-state index in [0.29, 0.717) is 12.5 Å². The van der Waals surface area contributed by atoms with Crippen molar-refractivity contribution in [2.75, 3.05) is 6.54 Å². The zero-order chi connectivity index (χ0) is 13.0. The van der Waals surface area contributed by atoms with Gasteiger partial charge >= 0.3 is 5.97 Å². The smallest absolute Gasteiger partial charge is 0.323 e. The zero-order valence-electron chi connectivity index (χ0n) is 10.5. The summed E-state index contributed by atoms with van der Waals surface area (Å²) in [7, 11) is 0. The van der Waals surface area contributed by atoms with Crippen molar-refractivity contribution in [3.05, 3.63) is 34.3 Å². The van der Waals surface area contributed by atoms with Gasteiger partial charge in [-0.1, -0.05) is 35.0 Å². The highest BCUT2D eigenvalue weighted by Crippen LogP contribution is 2.17. The second-order valence-electron chi connectivity index (χ2n) is 4.87. The van der Waals surface area contributed by atoms with Gasteiger partial charge in [-0.3, -0.25) is 4.79 Å². The number of carbonyl (C=O) groups is 1. The molecule has 0 spiro atoms. The molecule has 1 aliphatic rings. The summed E-state index contributed by atoms with van der Waals surface area (Å²) in [5.41, 5.74) is 1.01. The fourth-order valence-corrected chi connectivity index (χ4v) is 2.39. The predicted octanol–water partition coefficient (Wildman–Crippen LogP) is 2.88. The molecule has 2 unspecified atom stereocenters. The number of piperidine rings is 1. The lowest BCUT2D eigenvalue weighted by Gasteiger charge is -2.26. The molecule has 0 aromatic heterocycles. The van der Waals surface area contributed by atoms with Crippen LogP contribution in [0, 0.1) is 5.92 Å². The lowest BCUT2D eigenvalue weighted by molar-refractivity contribution is -0.148. The molecule has 1 aliphatic heterocycles. The minimum Gasteiger partial charge on any atom is -0.460 e. The average molecular weight is 312 g/mol. The number of halogens is 1. The second kappa shape index (κ2) is 6.34. The third-order valence-corrected chi connectivity index (χ3v) is 3.77. The van der Waals surface area contributed by atoms with Crippen LogP contribution in [0.5, 0.6) is 0 Å². The quantitative estimate of drug-likeness (QED) is 0.872. The van der Waals surface area contributed by atoms with Crippen LogP contribution in [0.2, 0.25) is 0 Å². The first-order chi connectivity index (χ1) is 8.65. The first-order valence-electron chi connectivity index (χ1n) is 6.29. The van der Waals surface area contributed by atoms with Gasteiger partial charge in [-0.2, -0.15) is 0 Å². The van der Waals surface area contributed by atoms with Crippen LogP contribution in [-0.2, 0) is 16.1 Å². The van der Waals surface area contributed by atoms with Crippen LogP contribution in [0.4, 0.5) is 0 Å². The van der Waals surface area contributed by atoms with E-state index >= 15 is 0 Å². The molecule has 1 N–H and O–H groups in total. The maximum atomic E-state index is 11.9. The van der Waals surface area contributed by atoms with E-state index in [1.165, 1.54) is 0 Å². The van der Waals surface area contributed by atoms with Crippen molar-refractivity contribution in [3.8, 4) is 0 Å². The van der Waals surface area contributed by atoms with Crippen LogP contribution in [0.15, 0.2) is 28.7 Å². The molecule has 0 radical (unpaired) electrons. The Bertz CT molecular complexity index is 405. The van der Waals surface area contributed by atoms with E-state index in [2.05, 4.69) is 28.2 Å². The van der Waals surface area contributed by atoms with Gasteiger partial charge in [0, 0.05) is 4.47 Å². The molecular weight excluding hydrogens is 294 g/mol. The van der Waals surface area contributed by atoms with E-state index in [4.69, 9.17) is 4.74 Å². The van der Waals surface area contributed by atoms with Crippen LogP contribution >= 0.6 is 15.9 Å². The summed E-state index contributed by atoms with van der Waals surface area (Å²) in [5.74, 6) is 0.459. The molecule has 98 valence electrons. The summed E-state index contributed by atoms with van der Waals surface area (Å²) in [5, 5.41) is 3.21. The van der Waals surface area contributed by atoms with E-state index in [-0.39, 0.29) is 12.0 Å². The van der Waals surface area contributed by atoms with E-state index in [9.17, 15) is 4.79 Å². The van der Waals surface area contributed by atoms with Gasteiger partial charge in [0.1, 0.15) is 12.6 Å². The summed E-state index contributed by atoms with van der Waals surface area (Å²) in [4.78, 5) is 11.9. The number of ether oxygens (including phenoxy) is 1. The van der Waals surface area contributed by atoms with Crippen molar-refractivity contribution in [3.63, 3.8) is 0 Å². The van der Waals surface area contributed by atoms with Crippen LogP contribution < -0.4 is 5.32 Å². The summed E-state index contributed by atoms with van der Waals surface area (Å²) in [6.45, 7) is 3.42. The number of carbonyl (C=O) groups excluding carboxylic acids is 1. The van der Waals surface area contributed by atoms with Crippen LogP contribution in [-0.4, -0.2) is 18.6 Å². The first kappa shape index (κ1) is 13.6. The molecule has 2 rings (SSSR count). The van der Waals surface area contributed by atoms with Crippen molar-refractivity contribution in [2.45, 2.75) is 32.4 Å². The highest BCUT2D eigenvalue weighted by molar-refractivity contribution is 9.10. The Morgan fingerprint density at radius 1 is 1.44 bits per heavy atom. The molecule has 1 saturated heterocycles. The Morgan fingerprint density at radius 3 is 2.83 bits per heavy atom. The van der Waals surface area contributed by atoms with Crippen molar-refractivity contribution in [1.82, 2.24) is 5.32 Å². The van der Waals surface area contributed by atoms with Gasteiger partial charge in [0.25, 0.3) is 0 Å². The summed E-state index contributed by atoms with van der Waals surface area (Å²) in [6, 6.07) is 7.67. The predicted molar refractivity (Wildman–Crippen MR) is 74.1 cm³/mol. The lowest BCUT2D eigenvalue weighted by Crippen LogP contribution is -2.43. The third kappa shape index (κ3) is 3.82. The number of nitrogens with one attached hydrogen (secondary N) is 1. The summed E-state index contributed by atoms with van der Waals surface area (Å²) >= 11 is 3.38. The number of esters is 1. The Labute approximate surface area is 116 Å². The number of hydrogen-bond acceptors (Lipinski definition) is 3. The van der Waals surface area contributed by atoms with Crippen molar-refractivity contribution in [1.29, 1.82) is 0 Å². The first-order valence-corrected chi connectivity index (χ1v) is 7.09. The van der Waals surface area contributed by atoms with Gasteiger partial charge in [-0.15, -0.1) is 0 Å². The van der Waals surface area contributed by atoms with Crippen molar-refractivity contribution in [2.24, 2.45) is 5.92 Å². The van der Waals surface area contributed by atoms with Gasteiger partial charge in [-0.05, 0) is 43.0 Å². The molecule has 0 aliphatic carbocycles. The van der Waals surface area contributed by atoms with Gasteiger partial charge in [0.05, 0.1) is 0 Å². The zero-order valence-corrected chi connectivity index (χ0v) is 12.1. The Balaban J connectivity index is 1.82. The van der Waals surface area contributed by atoms with Crippen LogP contribution in [0.25, 0.3) is 0 Å². The lowest BCUT2D eigenvalue weighted by atomic mass is 9.94. The molecule has 3 nitrogen and oxygen atoms in total. The molecule has 0 saturated carbocycles. The van der Waals surface area contributed by atoms with E-state index < -0.39 is 0 Å². The van der Waals surface area contributed by atoms with Gasteiger partial charge < -0.3 is 10.1 Å². The average Bonchev–Trinajstić information content (AvgIpc) is 2.38. The molecule has 1 heterocycles. The highest BCUT2D eigenvalue weighted by Gasteiger charge is 2.25. The minimum absolute atomic E-state index is 0.135. The van der Waals surface area contributed by atoms with Crippen molar-refractivity contribution >= 4 is 21.9 Å². The molecule has 0 amide bonds. The molecular formula is C14H18BrNO2. The van der Waals surface area contributed by atoms with Crippen LogP contribution in [0.3, 0.4) is 0 Å².